The molecular weight excluding hydrogens is 234 g/mol. The average Bonchev–Trinajstić information content (AvgIpc) is 2.33. The standard InChI is InChI=1S/C12H11N3OS/c1-8-2-3-9(6-14-8)16-10-4-5-11(12(13)17)15-7-10/h2-7H,1H3,(H2,13,17). The number of hydrogen-bond acceptors (Lipinski definition) is 4. The van der Waals surface area contributed by atoms with E-state index >= 15 is 0 Å². The van der Waals surface area contributed by atoms with Gasteiger partial charge in [-0.05, 0) is 31.2 Å². The number of hydrogen-bond donors (Lipinski definition) is 1. The largest absolute Gasteiger partial charge is 0.454 e. The molecule has 0 fully saturated rings. The van der Waals surface area contributed by atoms with Crippen LogP contribution in [0.2, 0.25) is 0 Å². The lowest BCUT2D eigenvalue weighted by molar-refractivity contribution is 0.477. The van der Waals surface area contributed by atoms with Crippen LogP contribution in [0.4, 0.5) is 0 Å². The number of ether oxygens (including phenoxy) is 1. The SMILES string of the molecule is Cc1ccc(Oc2ccc(C(N)=S)nc2)cn1. The van der Waals surface area contributed by atoms with Crippen molar-refractivity contribution in [1.82, 2.24) is 9.97 Å². The van der Waals surface area contributed by atoms with E-state index in [-0.39, 0.29) is 4.99 Å². The summed E-state index contributed by atoms with van der Waals surface area (Å²) < 4.78 is 5.56. The Morgan fingerprint density at radius 2 is 1.76 bits per heavy atom. The molecule has 0 aliphatic heterocycles. The summed E-state index contributed by atoms with van der Waals surface area (Å²) in [5.41, 5.74) is 6.97. The van der Waals surface area contributed by atoms with Crippen LogP contribution in [0.15, 0.2) is 36.7 Å². The van der Waals surface area contributed by atoms with E-state index in [9.17, 15) is 0 Å². The number of aryl methyl sites for hydroxylation is 1. The second kappa shape index (κ2) is 4.88. The van der Waals surface area contributed by atoms with Gasteiger partial charge in [0.25, 0.3) is 0 Å². The zero-order valence-electron chi connectivity index (χ0n) is 9.25. The molecule has 4 nitrogen and oxygen atoms in total. The Balaban J connectivity index is 2.13. The zero-order valence-corrected chi connectivity index (χ0v) is 10.1. The van der Waals surface area contributed by atoms with E-state index in [0.717, 1.165) is 5.69 Å². The lowest BCUT2D eigenvalue weighted by atomic mass is 10.3. The van der Waals surface area contributed by atoms with E-state index in [1.54, 1.807) is 24.5 Å². The summed E-state index contributed by atoms with van der Waals surface area (Å²) in [6, 6.07) is 7.22. The number of nitrogens with two attached hydrogens (primary N) is 1. The van der Waals surface area contributed by atoms with Crippen molar-refractivity contribution in [3.8, 4) is 11.5 Å². The van der Waals surface area contributed by atoms with Gasteiger partial charge in [0, 0.05) is 5.69 Å². The summed E-state index contributed by atoms with van der Waals surface area (Å²) in [6.45, 7) is 1.92. The highest BCUT2D eigenvalue weighted by atomic mass is 32.1. The predicted molar refractivity (Wildman–Crippen MR) is 69.2 cm³/mol. The third-order valence-corrected chi connectivity index (χ3v) is 2.32. The van der Waals surface area contributed by atoms with E-state index in [1.165, 1.54) is 0 Å². The van der Waals surface area contributed by atoms with Crippen LogP contribution in [0.5, 0.6) is 11.5 Å². The normalized spacial score (nSPS) is 9.94. The third kappa shape index (κ3) is 2.98. The average molecular weight is 245 g/mol. The molecule has 0 unspecified atom stereocenters. The molecule has 0 aromatic carbocycles. The second-order valence-electron chi connectivity index (χ2n) is 3.48. The Labute approximate surface area is 104 Å². The first-order valence-corrected chi connectivity index (χ1v) is 5.42. The number of aromatic nitrogens is 2. The van der Waals surface area contributed by atoms with Gasteiger partial charge in [0.15, 0.2) is 0 Å². The molecule has 5 heteroatoms. The van der Waals surface area contributed by atoms with E-state index in [2.05, 4.69) is 9.97 Å². The minimum Gasteiger partial charge on any atom is -0.454 e. The second-order valence-corrected chi connectivity index (χ2v) is 3.92. The van der Waals surface area contributed by atoms with Gasteiger partial charge < -0.3 is 10.5 Å². The van der Waals surface area contributed by atoms with Crippen molar-refractivity contribution < 1.29 is 4.74 Å². The quantitative estimate of drug-likeness (QED) is 0.840. The summed E-state index contributed by atoms with van der Waals surface area (Å²) in [6.07, 6.45) is 3.24. The Hall–Kier alpha value is -2.01. The van der Waals surface area contributed by atoms with Crippen LogP contribution in [-0.4, -0.2) is 15.0 Å². The molecule has 0 bridgehead atoms. The van der Waals surface area contributed by atoms with Gasteiger partial charge in [-0.1, -0.05) is 12.2 Å². The van der Waals surface area contributed by atoms with Gasteiger partial charge in [0.05, 0.1) is 18.1 Å². The molecule has 0 spiro atoms. The number of thiocarbonyl (C=S) groups is 1. The van der Waals surface area contributed by atoms with Crippen LogP contribution in [0.1, 0.15) is 11.4 Å². The van der Waals surface area contributed by atoms with Crippen molar-refractivity contribution in [3.63, 3.8) is 0 Å². The Kier molecular flexibility index (Phi) is 3.30. The predicted octanol–water partition coefficient (Wildman–Crippen LogP) is 2.21. The molecule has 2 aromatic heterocycles. The van der Waals surface area contributed by atoms with Crippen LogP contribution in [0, 0.1) is 6.92 Å². The maximum Gasteiger partial charge on any atom is 0.145 e. The molecule has 2 rings (SSSR count). The highest BCUT2D eigenvalue weighted by molar-refractivity contribution is 7.80. The molecule has 86 valence electrons. The molecule has 0 saturated heterocycles. The first kappa shape index (κ1) is 11.5. The van der Waals surface area contributed by atoms with Crippen LogP contribution < -0.4 is 10.5 Å². The van der Waals surface area contributed by atoms with Gasteiger partial charge in [-0.2, -0.15) is 0 Å². The van der Waals surface area contributed by atoms with Gasteiger partial charge in [-0.15, -0.1) is 0 Å². The first-order chi connectivity index (χ1) is 8.15. The molecule has 0 radical (unpaired) electrons. The molecule has 0 aliphatic rings. The fourth-order valence-corrected chi connectivity index (χ4v) is 1.36. The number of rotatable bonds is 3. The van der Waals surface area contributed by atoms with E-state index in [4.69, 9.17) is 22.7 Å². The smallest absolute Gasteiger partial charge is 0.145 e. The molecule has 0 aliphatic carbocycles. The van der Waals surface area contributed by atoms with Crippen molar-refractivity contribution in [2.75, 3.05) is 0 Å². The third-order valence-electron chi connectivity index (χ3n) is 2.11. The first-order valence-electron chi connectivity index (χ1n) is 5.01. The summed E-state index contributed by atoms with van der Waals surface area (Å²) in [5, 5.41) is 0. The van der Waals surface area contributed by atoms with E-state index in [1.807, 2.05) is 19.1 Å². The Morgan fingerprint density at radius 3 is 2.24 bits per heavy atom. The molecule has 0 amide bonds. The molecule has 17 heavy (non-hydrogen) atoms. The summed E-state index contributed by atoms with van der Waals surface area (Å²) in [4.78, 5) is 8.49. The lowest BCUT2D eigenvalue weighted by Crippen LogP contribution is -2.10. The van der Waals surface area contributed by atoms with Crippen LogP contribution in [-0.2, 0) is 0 Å². The van der Waals surface area contributed by atoms with Gasteiger partial charge >= 0.3 is 0 Å². The van der Waals surface area contributed by atoms with Gasteiger partial charge in [-0.3, -0.25) is 4.98 Å². The van der Waals surface area contributed by atoms with Crippen molar-refractivity contribution in [1.29, 1.82) is 0 Å². The van der Waals surface area contributed by atoms with E-state index < -0.39 is 0 Å². The van der Waals surface area contributed by atoms with Gasteiger partial charge in [-0.25, -0.2) is 4.98 Å². The van der Waals surface area contributed by atoms with Crippen LogP contribution in [0.25, 0.3) is 0 Å². The molecule has 0 saturated carbocycles. The highest BCUT2D eigenvalue weighted by Crippen LogP contribution is 2.19. The maximum absolute atomic E-state index is 5.56. The van der Waals surface area contributed by atoms with Crippen molar-refractivity contribution in [3.05, 3.63) is 48.0 Å². The van der Waals surface area contributed by atoms with Crippen molar-refractivity contribution in [2.24, 2.45) is 5.73 Å². The monoisotopic (exact) mass is 245 g/mol. The Morgan fingerprint density at radius 1 is 1.12 bits per heavy atom. The topological polar surface area (TPSA) is 61.0 Å². The molecule has 2 heterocycles. The van der Waals surface area contributed by atoms with Crippen LogP contribution >= 0.6 is 12.2 Å². The van der Waals surface area contributed by atoms with Crippen LogP contribution in [0.3, 0.4) is 0 Å². The van der Waals surface area contributed by atoms with Gasteiger partial charge in [0.1, 0.15) is 16.5 Å². The zero-order chi connectivity index (χ0) is 12.3. The minimum absolute atomic E-state index is 0.272. The molecular formula is C12H11N3OS. The van der Waals surface area contributed by atoms with E-state index in [0.29, 0.717) is 17.2 Å². The highest BCUT2D eigenvalue weighted by Gasteiger charge is 2.00. The Bertz CT molecular complexity index is 522. The molecule has 0 atom stereocenters. The number of nitrogens with zero attached hydrogens (tertiary/aromatic N) is 2. The minimum atomic E-state index is 0.272. The van der Waals surface area contributed by atoms with Crippen molar-refractivity contribution >= 4 is 17.2 Å². The molecule has 2 aromatic rings. The summed E-state index contributed by atoms with van der Waals surface area (Å²) in [7, 11) is 0. The van der Waals surface area contributed by atoms with Crippen molar-refractivity contribution in [2.45, 2.75) is 6.92 Å². The maximum atomic E-state index is 5.56. The lowest BCUT2D eigenvalue weighted by Gasteiger charge is -2.05. The molecule has 2 N–H and O–H groups in total. The van der Waals surface area contributed by atoms with Gasteiger partial charge in [0.2, 0.25) is 0 Å². The summed E-state index contributed by atoms with van der Waals surface area (Å²) in [5.74, 6) is 1.29. The number of pyridine rings is 2. The fraction of sp³-hybridized carbons (Fsp3) is 0.0833. The summed E-state index contributed by atoms with van der Waals surface area (Å²) >= 11 is 4.81. The fourth-order valence-electron chi connectivity index (χ4n) is 1.24.